The van der Waals surface area contributed by atoms with E-state index in [0.29, 0.717) is 5.78 Å². The molecule has 0 bridgehead atoms. The fraction of sp³-hybridized carbons (Fsp3) is 0.471. The molecule has 2 heteroatoms. The molecule has 2 aliphatic rings. The second-order valence-corrected chi connectivity index (χ2v) is 5.60. The summed E-state index contributed by atoms with van der Waals surface area (Å²) in [7, 11) is 0. The van der Waals surface area contributed by atoms with Gasteiger partial charge in [0.05, 0.1) is 6.04 Å². The van der Waals surface area contributed by atoms with E-state index in [-0.39, 0.29) is 6.04 Å². The van der Waals surface area contributed by atoms with Crippen molar-refractivity contribution in [1.82, 2.24) is 0 Å². The van der Waals surface area contributed by atoms with Crippen LogP contribution in [0, 0.1) is 0 Å². The number of carbonyl (C=O) groups excluding carboxylic acids is 1. The number of allylic oxidation sites excluding steroid dienone is 1. The highest BCUT2D eigenvalue weighted by Crippen LogP contribution is 2.28. The first-order valence-corrected chi connectivity index (χ1v) is 7.42. The maximum Gasteiger partial charge on any atom is 0.181 e. The Morgan fingerprint density at radius 1 is 1.11 bits per heavy atom. The molecule has 0 saturated heterocycles. The molecule has 1 atom stereocenters. The van der Waals surface area contributed by atoms with E-state index >= 15 is 0 Å². The lowest BCUT2D eigenvalue weighted by Crippen LogP contribution is -2.28. The fourth-order valence-corrected chi connectivity index (χ4v) is 3.10. The minimum atomic E-state index is -0.0388. The summed E-state index contributed by atoms with van der Waals surface area (Å²) < 4.78 is 0. The smallest absolute Gasteiger partial charge is 0.181 e. The van der Waals surface area contributed by atoms with Crippen LogP contribution in [0.2, 0.25) is 0 Å². The number of ketones is 1. The minimum Gasteiger partial charge on any atom is -0.374 e. The molecule has 1 aromatic carbocycles. The predicted molar refractivity (Wildman–Crippen MR) is 78.3 cm³/mol. The molecule has 0 saturated carbocycles. The van der Waals surface area contributed by atoms with E-state index in [1.54, 1.807) is 0 Å². The van der Waals surface area contributed by atoms with Crippen molar-refractivity contribution in [1.29, 1.82) is 0 Å². The van der Waals surface area contributed by atoms with Gasteiger partial charge in [-0.15, -0.1) is 0 Å². The third-order valence-corrected chi connectivity index (χ3v) is 4.20. The molecule has 0 aromatic heterocycles. The number of anilines is 1. The third-order valence-electron chi connectivity index (χ3n) is 4.20. The van der Waals surface area contributed by atoms with Gasteiger partial charge in [0.25, 0.3) is 0 Å². The highest BCUT2D eigenvalue weighted by Gasteiger charge is 2.28. The lowest BCUT2D eigenvalue weighted by molar-refractivity contribution is -0.116. The quantitative estimate of drug-likeness (QED) is 0.869. The van der Waals surface area contributed by atoms with Gasteiger partial charge in [-0.25, -0.2) is 0 Å². The van der Waals surface area contributed by atoms with Gasteiger partial charge in [-0.05, 0) is 42.9 Å². The van der Waals surface area contributed by atoms with Crippen molar-refractivity contribution in [3.05, 3.63) is 41.5 Å². The van der Waals surface area contributed by atoms with Crippen molar-refractivity contribution in [2.45, 2.75) is 51.0 Å². The van der Waals surface area contributed by atoms with Crippen molar-refractivity contribution >= 4 is 11.5 Å². The van der Waals surface area contributed by atoms with Gasteiger partial charge in [0.2, 0.25) is 0 Å². The molecule has 0 radical (unpaired) electrons. The molecule has 3 rings (SSSR count). The van der Waals surface area contributed by atoms with E-state index < -0.39 is 0 Å². The van der Waals surface area contributed by atoms with Gasteiger partial charge in [-0.3, -0.25) is 4.79 Å². The van der Waals surface area contributed by atoms with Crippen molar-refractivity contribution in [3.63, 3.8) is 0 Å². The van der Waals surface area contributed by atoms with E-state index in [1.807, 2.05) is 12.1 Å². The monoisotopic (exact) mass is 255 g/mol. The van der Waals surface area contributed by atoms with Crippen molar-refractivity contribution in [2.24, 2.45) is 0 Å². The van der Waals surface area contributed by atoms with Gasteiger partial charge in [0, 0.05) is 12.1 Å². The second-order valence-electron chi connectivity index (χ2n) is 5.60. The van der Waals surface area contributed by atoms with Gasteiger partial charge >= 0.3 is 0 Å². The summed E-state index contributed by atoms with van der Waals surface area (Å²) in [5.74, 6) is 0.318. The summed E-state index contributed by atoms with van der Waals surface area (Å²) in [4.78, 5) is 12.6. The maximum absolute atomic E-state index is 12.6. The number of para-hydroxylation sites is 1. The fourth-order valence-electron chi connectivity index (χ4n) is 3.10. The topological polar surface area (TPSA) is 29.1 Å². The lowest BCUT2D eigenvalue weighted by atomic mass is 9.93. The Bertz CT molecular complexity index is 479. The normalized spacial score (nSPS) is 25.5. The first kappa shape index (κ1) is 12.5. The van der Waals surface area contributed by atoms with Crippen LogP contribution in [0.5, 0.6) is 0 Å². The molecule has 1 heterocycles. The van der Waals surface area contributed by atoms with E-state index in [9.17, 15) is 4.79 Å². The number of Topliss-reactive ketones (excluding diaryl/α,β-unsaturated/α-hetero) is 1. The second kappa shape index (κ2) is 5.60. The Morgan fingerprint density at radius 3 is 2.84 bits per heavy atom. The standard InChI is InChI=1S/C17H21NO/c19-17(13-8-4-2-1-3-5-9-13)16-12-14-10-6-7-11-15(14)18-16/h6-8,10-11,16,18H,1-5,9,12H2/b13-8+. The molecule has 0 spiro atoms. The summed E-state index contributed by atoms with van der Waals surface area (Å²) in [5, 5.41) is 3.38. The summed E-state index contributed by atoms with van der Waals surface area (Å²) in [6.45, 7) is 0. The van der Waals surface area contributed by atoms with E-state index in [0.717, 1.165) is 36.9 Å². The average Bonchev–Trinajstić information content (AvgIpc) is 2.81. The molecule has 2 nitrogen and oxygen atoms in total. The van der Waals surface area contributed by atoms with Gasteiger partial charge < -0.3 is 5.32 Å². The van der Waals surface area contributed by atoms with Crippen molar-refractivity contribution in [3.8, 4) is 0 Å². The first-order valence-electron chi connectivity index (χ1n) is 7.42. The van der Waals surface area contributed by atoms with Crippen LogP contribution in [0.4, 0.5) is 5.69 Å². The van der Waals surface area contributed by atoms with Crippen LogP contribution < -0.4 is 5.32 Å². The van der Waals surface area contributed by atoms with Gasteiger partial charge in [0.15, 0.2) is 5.78 Å². The van der Waals surface area contributed by atoms with Crippen LogP contribution in [0.3, 0.4) is 0 Å². The first-order chi connectivity index (χ1) is 9.34. The van der Waals surface area contributed by atoms with Gasteiger partial charge in [-0.2, -0.15) is 0 Å². The number of hydrogen-bond acceptors (Lipinski definition) is 2. The van der Waals surface area contributed by atoms with E-state index in [2.05, 4.69) is 23.5 Å². The highest BCUT2D eigenvalue weighted by molar-refractivity contribution is 6.02. The Kier molecular flexibility index (Phi) is 3.67. The molecular weight excluding hydrogens is 234 g/mol. The van der Waals surface area contributed by atoms with Crippen LogP contribution in [0.1, 0.15) is 44.1 Å². The highest BCUT2D eigenvalue weighted by atomic mass is 16.1. The number of rotatable bonds is 2. The molecule has 1 aliphatic carbocycles. The summed E-state index contributed by atoms with van der Waals surface area (Å²) in [6, 6.07) is 8.20. The minimum absolute atomic E-state index is 0.0388. The van der Waals surface area contributed by atoms with E-state index in [1.165, 1.54) is 24.8 Å². The Balaban J connectivity index is 1.72. The SMILES string of the molecule is O=C(/C1=C/CCCCCC1)C1Cc2ccccc2N1. The Hall–Kier alpha value is -1.57. The average molecular weight is 255 g/mol. The molecule has 0 fully saturated rings. The Morgan fingerprint density at radius 2 is 1.95 bits per heavy atom. The number of hydrogen-bond donors (Lipinski definition) is 1. The summed E-state index contributed by atoms with van der Waals surface area (Å²) >= 11 is 0. The zero-order valence-corrected chi connectivity index (χ0v) is 11.3. The third kappa shape index (κ3) is 2.73. The van der Waals surface area contributed by atoms with Crippen molar-refractivity contribution in [2.75, 3.05) is 5.32 Å². The molecule has 1 aromatic rings. The molecule has 1 unspecified atom stereocenters. The molecule has 19 heavy (non-hydrogen) atoms. The maximum atomic E-state index is 12.6. The van der Waals surface area contributed by atoms with Crippen molar-refractivity contribution < 1.29 is 4.79 Å². The Labute approximate surface area is 114 Å². The van der Waals surface area contributed by atoms with Crippen LogP contribution in [0.25, 0.3) is 0 Å². The molecule has 1 N–H and O–H groups in total. The molecular formula is C17H21NO. The molecule has 100 valence electrons. The zero-order chi connectivity index (χ0) is 13.1. The van der Waals surface area contributed by atoms with Crippen LogP contribution in [0.15, 0.2) is 35.9 Å². The van der Waals surface area contributed by atoms with Crippen LogP contribution in [-0.2, 0) is 11.2 Å². The van der Waals surface area contributed by atoms with Gasteiger partial charge in [-0.1, -0.05) is 37.1 Å². The van der Waals surface area contributed by atoms with Crippen LogP contribution >= 0.6 is 0 Å². The van der Waals surface area contributed by atoms with Gasteiger partial charge in [0.1, 0.15) is 0 Å². The summed E-state index contributed by atoms with van der Waals surface area (Å²) in [5.41, 5.74) is 3.46. The predicted octanol–water partition coefficient (Wildman–Crippen LogP) is 3.87. The number of benzene rings is 1. The molecule has 0 amide bonds. The number of fused-ring (bicyclic) bond motifs is 1. The van der Waals surface area contributed by atoms with Crippen LogP contribution in [-0.4, -0.2) is 11.8 Å². The number of carbonyl (C=O) groups is 1. The zero-order valence-electron chi connectivity index (χ0n) is 11.3. The molecule has 1 aliphatic heterocycles. The lowest BCUT2D eigenvalue weighted by Gasteiger charge is -2.15. The van der Waals surface area contributed by atoms with E-state index in [4.69, 9.17) is 0 Å². The largest absolute Gasteiger partial charge is 0.374 e. The summed E-state index contributed by atoms with van der Waals surface area (Å²) in [6.07, 6.45) is 10.0. The number of nitrogens with one attached hydrogen (secondary N) is 1.